The largest absolute Gasteiger partial charge is 0.490 e. The SMILES string of the molecule is O=C(O)C(F)(F)F.O=C(c1cccnc1)N1CCC(F)(F)C2(CCN(c3ncccn3)C2)C1. The van der Waals surface area contributed by atoms with Gasteiger partial charge in [-0.05, 0) is 24.6 Å². The maximum absolute atomic E-state index is 14.9. The fourth-order valence-electron chi connectivity index (χ4n) is 3.87. The zero-order chi connectivity index (χ0) is 24.3. The second kappa shape index (κ2) is 9.24. The molecule has 1 N–H and O–H groups in total. The molecule has 2 saturated heterocycles. The molecule has 33 heavy (non-hydrogen) atoms. The van der Waals surface area contributed by atoms with Gasteiger partial charge in [-0.1, -0.05) is 0 Å². The van der Waals surface area contributed by atoms with E-state index in [9.17, 15) is 26.7 Å². The molecule has 13 heteroatoms. The number of piperidine rings is 1. The molecular weight excluding hydrogens is 453 g/mol. The van der Waals surface area contributed by atoms with Crippen LogP contribution in [0.4, 0.5) is 27.9 Å². The molecule has 2 aromatic rings. The van der Waals surface area contributed by atoms with Gasteiger partial charge in [0.1, 0.15) is 0 Å². The van der Waals surface area contributed by atoms with Crippen LogP contribution in [0.3, 0.4) is 0 Å². The molecule has 1 amide bonds. The number of anilines is 1. The van der Waals surface area contributed by atoms with Gasteiger partial charge in [-0.2, -0.15) is 13.2 Å². The third kappa shape index (κ3) is 5.34. The third-order valence-electron chi connectivity index (χ3n) is 5.59. The Morgan fingerprint density at radius 1 is 1.00 bits per heavy atom. The van der Waals surface area contributed by atoms with Gasteiger partial charge in [-0.15, -0.1) is 0 Å². The number of carboxylic acids is 1. The van der Waals surface area contributed by atoms with Crippen molar-refractivity contribution >= 4 is 17.8 Å². The Bertz CT molecular complexity index is 977. The van der Waals surface area contributed by atoms with E-state index in [1.807, 2.05) is 0 Å². The van der Waals surface area contributed by atoms with Crippen LogP contribution >= 0.6 is 0 Å². The summed E-state index contributed by atoms with van der Waals surface area (Å²) >= 11 is 0. The molecule has 8 nitrogen and oxygen atoms in total. The van der Waals surface area contributed by atoms with Gasteiger partial charge in [0.05, 0.1) is 11.0 Å². The van der Waals surface area contributed by atoms with Crippen LogP contribution in [0.15, 0.2) is 43.0 Å². The summed E-state index contributed by atoms with van der Waals surface area (Å²) in [6.07, 6.45) is 1.14. The van der Waals surface area contributed by atoms with Crippen molar-refractivity contribution in [3.05, 3.63) is 48.5 Å². The smallest absolute Gasteiger partial charge is 0.475 e. The Hall–Kier alpha value is -3.38. The molecule has 0 aromatic carbocycles. The highest BCUT2D eigenvalue weighted by atomic mass is 19.4. The first kappa shape index (κ1) is 24.3. The predicted molar refractivity (Wildman–Crippen MR) is 105 cm³/mol. The van der Waals surface area contributed by atoms with E-state index in [1.165, 1.54) is 11.1 Å². The third-order valence-corrected chi connectivity index (χ3v) is 5.59. The van der Waals surface area contributed by atoms with Crippen molar-refractivity contribution < 1.29 is 36.6 Å². The maximum Gasteiger partial charge on any atom is 0.490 e. The van der Waals surface area contributed by atoms with Crippen molar-refractivity contribution in [2.45, 2.75) is 24.9 Å². The molecule has 4 rings (SSSR count). The number of carbonyl (C=O) groups is 2. The zero-order valence-electron chi connectivity index (χ0n) is 17.2. The van der Waals surface area contributed by atoms with E-state index in [0.717, 1.165) is 0 Å². The molecule has 2 fully saturated rings. The first-order valence-electron chi connectivity index (χ1n) is 9.84. The molecule has 1 unspecified atom stereocenters. The highest BCUT2D eigenvalue weighted by Gasteiger charge is 2.60. The molecule has 2 aromatic heterocycles. The zero-order valence-corrected chi connectivity index (χ0v) is 17.2. The molecular formula is C20H20F5N5O3. The van der Waals surface area contributed by atoms with Gasteiger partial charge in [-0.25, -0.2) is 23.5 Å². The van der Waals surface area contributed by atoms with Crippen molar-refractivity contribution in [2.24, 2.45) is 5.41 Å². The van der Waals surface area contributed by atoms with Crippen LogP contribution in [0.5, 0.6) is 0 Å². The van der Waals surface area contributed by atoms with Crippen molar-refractivity contribution in [2.75, 3.05) is 31.1 Å². The van der Waals surface area contributed by atoms with Crippen molar-refractivity contribution in [1.29, 1.82) is 0 Å². The first-order chi connectivity index (χ1) is 15.5. The number of rotatable bonds is 2. The fraction of sp³-hybridized carbons (Fsp3) is 0.450. The summed E-state index contributed by atoms with van der Waals surface area (Å²) in [6, 6.07) is 5.03. The molecule has 2 aliphatic heterocycles. The molecule has 0 saturated carbocycles. The minimum absolute atomic E-state index is 0.0249. The van der Waals surface area contributed by atoms with Gasteiger partial charge in [0.15, 0.2) is 0 Å². The van der Waals surface area contributed by atoms with Crippen LogP contribution in [0, 0.1) is 5.41 Å². The van der Waals surface area contributed by atoms with E-state index in [4.69, 9.17) is 9.90 Å². The van der Waals surface area contributed by atoms with E-state index >= 15 is 0 Å². The van der Waals surface area contributed by atoms with Gasteiger partial charge in [0.25, 0.3) is 11.8 Å². The number of halogens is 5. The fourth-order valence-corrected chi connectivity index (χ4v) is 3.87. The Kier molecular flexibility index (Phi) is 6.79. The van der Waals surface area contributed by atoms with Crippen molar-refractivity contribution in [3.8, 4) is 0 Å². The summed E-state index contributed by atoms with van der Waals surface area (Å²) in [7, 11) is 0. The highest BCUT2D eigenvalue weighted by Crippen LogP contribution is 2.50. The van der Waals surface area contributed by atoms with E-state index in [0.29, 0.717) is 24.5 Å². The van der Waals surface area contributed by atoms with Crippen LogP contribution < -0.4 is 4.90 Å². The summed E-state index contributed by atoms with van der Waals surface area (Å²) < 4.78 is 61.5. The molecule has 4 heterocycles. The van der Waals surface area contributed by atoms with E-state index in [2.05, 4.69) is 15.0 Å². The quantitative estimate of drug-likeness (QED) is 0.670. The lowest BCUT2D eigenvalue weighted by Crippen LogP contribution is -2.58. The lowest BCUT2D eigenvalue weighted by Gasteiger charge is -2.45. The Balaban J connectivity index is 0.000000383. The van der Waals surface area contributed by atoms with Crippen LogP contribution in [-0.2, 0) is 4.79 Å². The molecule has 0 radical (unpaired) electrons. The number of aliphatic carboxylic acids is 1. The monoisotopic (exact) mass is 473 g/mol. The van der Waals surface area contributed by atoms with Crippen LogP contribution in [0.25, 0.3) is 0 Å². The van der Waals surface area contributed by atoms with Gasteiger partial charge in [0.2, 0.25) is 5.95 Å². The summed E-state index contributed by atoms with van der Waals surface area (Å²) in [5, 5.41) is 7.12. The number of aromatic nitrogens is 3. The van der Waals surface area contributed by atoms with Crippen LogP contribution in [-0.4, -0.2) is 75.1 Å². The van der Waals surface area contributed by atoms with E-state index < -0.39 is 23.5 Å². The number of pyridine rings is 1. The number of alkyl halides is 5. The number of nitrogens with zero attached hydrogens (tertiary/aromatic N) is 5. The minimum Gasteiger partial charge on any atom is -0.475 e. The standard InChI is InChI=1S/C18H19F2N5O.C2HF3O2/c19-18(20)5-10-24(15(26)14-3-1-6-21-11-14)12-17(18)4-9-25(13-17)16-22-7-2-8-23-16;3-2(4,5)1(6)7/h1-3,6-8,11H,4-5,9-10,12-13H2;(H,6,7). The van der Waals surface area contributed by atoms with E-state index in [-0.39, 0.29) is 32.0 Å². The Morgan fingerprint density at radius 3 is 2.24 bits per heavy atom. The van der Waals surface area contributed by atoms with Crippen LogP contribution in [0.1, 0.15) is 23.2 Å². The number of amides is 1. The molecule has 0 bridgehead atoms. The number of carboxylic acid groups (broad SMARTS) is 1. The summed E-state index contributed by atoms with van der Waals surface area (Å²) in [6.45, 7) is 0.663. The second-order valence-electron chi connectivity index (χ2n) is 7.73. The summed E-state index contributed by atoms with van der Waals surface area (Å²) in [4.78, 5) is 37.2. The lowest BCUT2D eigenvalue weighted by molar-refractivity contribution is -0.192. The predicted octanol–water partition coefficient (Wildman–Crippen LogP) is 2.88. The average Bonchev–Trinajstić information content (AvgIpc) is 3.22. The minimum atomic E-state index is -5.08. The van der Waals surface area contributed by atoms with Gasteiger partial charge < -0.3 is 14.9 Å². The van der Waals surface area contributed by atoms with E-state index in [1.54, 1.807) is 41.7 Å². The summed E-state index contributed by atoms with van der Waals surface area (Å²) in [5.74, 6) is -5.38. The normalized spacial score (nSPS) is 22.0. The lowest BCUT2D eigenvalue weighted by atomic mass is 9.75. The van der Waals surface area contributed by atoms with Gasteiger partial charge in [-0.3, -0.25) is 9.78 Å². The Morgan fingerprint density at radius 2 is 1.67 bits per heavy atom. The average molecular weight is 473 g/mol. The molecule has 1 spiro atoms. The number of likely N-dealkylation sites (tertiary alicyclic amines) is 1. The number of carbonyl (C=O) groups excluding carboxylic acids is 1. The molecule has 178 valence electrons. The van der Waals surface area contributed by atoms with Crippen molar-refractivity contribution in [1.82, 2.24) is 19.9 Å². The highest BCUT2D eigenvalue weighted by molar-refractivity contribution is 5.94. The molecule has 0 aliphatic carbocycles. The molecule has 1 atom stereocenters. The first-order valence-corrected chi connectivity index (χ1v) is 9.84. The Labute approximate surface area is 185 Å². The topological polar surface area (TPSA) is 99.5 Å². The number of hydrogen-bond acceptors (Lipinski definition) is 6. The van der Waals surface area contributed by atoms with Gasteiger partial charge in [0, 0.05) is 57.4 Å². The molecule has 2 aliphatic rings. The summed E-state index contributed by atoms with van der Waals surface area (Å²) in [5.41, 5.74) is -0.850. The van der Waals surface area contributed by atoms with Crippen molar-refractivity contribution in [3.63, 3.8) is 0 Å². The second-order valence-corrected chi connectivity index (χ2v) is 7.73. The van der Waals surface area contributed by atoms with Crippen LogP contribution in [0.2, 0.25) is 0 Å². The van der Waals surface area contributed by atoms with Gasteiger partial charge >= 0.3 is 12.1 Å². The number of hydrogen-bond donors (Lipinski definition) is 1. The maximum atomic E-state index is 14.9.